The van der Waals surface area contributed by atoms with Crippen molar-refractivity contribution in [1.82, 2.24) is 4.98 Å². The molecule has 1 atom stereocenters. The van der Waals surface area contributed by atoms with Crippen LogP contribution in [0.4, 0.5) is 0 Å². The molecule has 0 bridgehead atoms. The van der Waals surface area contributed by atoms with Gasteiger partial charge in [0.2, 0.25) is 0 Å². The molecule has 3 aromatic rings. The number of nitriles is 1. The number of carboxylic acid groups (broad SMARTS) is 1. The Morgan fingerprint density at radius 2 is 1.89 bits per heavy atom. The number of carboxylic acids is 1. The lowest BCUT2D eigenvalue weighted by Crippen LogP contribution is -2.28. The van der Waals surface area contributed by atoms with Crippen molar-refractivity contribution in [3.8, 4) is 17.2 Å². The molecule has 28 heavy (non-hydrogen) atoms. The fourth-order valence-corrected chi connectivity index (χ4v) is 3.31. The number of ether oxygens (including phenoxy) is 1. The Kier molecular flexibility index (Phi) is 5.17. The molecular formula is C23H22N2O3. The van der Waals surface area contributed by atoms with Gasteiger partial charge in [-0.15, -0.1) is 0 Å². The van der Waals surface area contributed by atoms with Gasteiger partial charge in [-0.3, -0.25) is 4.98 Å². The van der Waals surface area contributed by atoms with E-state index >= 15 is 0 Å². The third-order valence-electron chi connectivity index (χ3n) is 4.36. The molecule has 5 heteroatoms. The van der Waals surface area contributed by atoms with Crippen LogP contribution in [0, 0.1) is 18.3 Å². The molecule has 1 unspecified atom stereocenters. The zero-order valence-corrected chi connectivity index (χ0v) is 16.4. The SMILES string of the molecule is Cc1nc2ccccc2c(-c2cccc(C#N)c2)c1C(OC(C)(C)C)C(=O)O. The minimum atomic E-state index is -1.18. The lowest BCUT2D eigenvalue weighted by molar-refractivity contribution is -0.160. The summed E-state index contributed by atoms with van der Waals surface area (Å²) < 4.78 is 5.93. The Morgan fingerprint density at radius 1 is 1.18 bits per heavy atom. The van der Waals surface area contributed by atoms with Gasteiger partial charge in [0, 0.05) is 16.6 Å². The van der Waals surface area contributed by atoms with Crippen LogP contribution in [-0.2, 0) is 9.53 Å². The lowest BCUT2D eigenvalue weighted by atomic mass is 9.90. The van der Waals surface area contributed by atoms with Crippen molar-refractivity contribution in [2.24, 2.45) is 0 Å². The van der Waals surface area contributed by atoms with Crippen molar-refractivity contribution in [3.05, 3.63) is 65.4 Å². The minimum Gasteiger partial charge on any atom is -0.479 e. The molecule has 3 rings (SSSR count). The van der Waals surface area contributed by atoms with E-state index in [1.807, 2.05) is 51.1 Å². The number of hydrogen-bond donors (Lipinski definition) is 1. The molecule has 1 N–H and O–H groups in total. The van der Waals surface area contributed by atoms with Crippen LogP contribution < -0.4 is 0 Å². The van der Waals surface area contributed by atoms with Crippen LogP contribution in [0.1, 0.15) is 43.7 Å². The Labute approximate surface area is 164 Å². The fourth-order valence-electron chi connectivity index (χ4n) is 3.31. The molecule has 0 spiro atoms. The highest BCUT2D eigenvalue weighted by Gasteiger charge is 2.32. The number of nitrogens with zero attached hydrogens (tertiary/aromatic N) is 2. The lowest BCUT2D eigenvalue weighted by Gasteiger charge is -2.28. The van der Waals surface area contributed by atoms with Crippen molar-refractivity contribution in [1.29, 1.82) is 5.26 Å². The zero-order valence-electron chi connectivity index (χ0n) is 16.4. The highest BCUT2D eigenvalue weighted by Crippen LogP contribution is 2.39. The highest BCUT2D eigenvalue weighted by atomic mass is 16.5. The second kappa shape index (κ2) is 7.41. The van der Waals surface area contributed by atoms with E-state index in [2.05, 4.69) is 11.1 Å². The number of carbonyl (C=O) groups is 1. The summed E-state index contributed by atoms with van der Waals surface area (Å²) in [5.74, 6) is -1.08. The van der Waals surface area contributed by atoms with Crippen molar-refractivity contribution in [2.45, 2.75) is 39.4 Å². The van der Waals surface area contributed by atoms with E-state index in [1.54, 1.807) is 25.1 Å². The van der Waals surface area contributed by atoms with Gasteiger partial charge in [0.05, 0.1) is 22.8 Å². The normalized spacial score (nSPS) is 12.5. The van der Waals surface area contributed by atoms with Crippen LogP contribution in [0.25, 0.3) is 22.0 Å². The first kappa shape index (κ1) is 19.5. The third kappa shape index (κ3) is 3.88. The Balaban J connectivity index is 2.40. The average molecular weight is 374 g/mol. The van der Waals surface area contributed by atoms with E-state index in [0.717, 1.165) is 22.0 Å². The quantitative estimate of drug-likeness (QED) is 0.693. The average Bonchev–Trinajstić information content (AvgIpc) is 2.64. The first-order chi connectivity index (χ1) is 13.2. The Hall–Kier alpha value is -3.23. The van der Waals surface area contributed by atoms with Crippen molar-refractivity contribution in [3.63, 3.8) is 0 Å². The molecule has 2 aromatic carbocycles. The second-order valence-electron chi connectivity index (χ2n) is 7.64. The molecule has 0 radical (unpaired) electrons. The van der Waals surface area contributed by atoms with Gasteiger partial charge < -0.3 is 9.84 Å². The molecule has 0 fully saturated rings. The van der Waals surface area contributed by atoms with E-state index in [0.29, 0.717) is 16.8 Å². The molecule has 5 nitrogen and oxygen atoms in total. The van der Waals surface area contributed by atoms with Gasteiger partial charge in [-0.1, -0.05) is 30.3 Å². The van der Waals surface area contributed by atoms with Crippen molar-refractivity contribution < 1.29 is 14.6 Å². The maximum Gasteiger partial charge on any atom is 0.337 e. The molecule has 0 aliphatic heterocycles. The number of fused-ring (bicyclic) bond motifs is 1. The van der Waals surface area contributed by atoms with Crippen LogP contribution >= 0.6 is 0 Å². The Morgan fingerprint density at radius 3 is 2.54 bits per heavy atom. The predicted molar refractivity (Wildman–Crippen MR) is 108 cm³/mol. The number of aliphatic carboxylic acids is 1. The van der Waals surface area contributed by atoms with Crippen LogP contribution in [-0.4, -0.2) is 21.7 Å². The molecule has 0 aliphatic carbocycles. The number of para-hydroxylation sites is 1. The van der Waals surface area contributed by atoms with E-state index in [4.69, 9.17) is 4.74 Å². The van der Waals surface area contributed by atoms with E-state index in [9.17, 15) is 15.2 Å². The molecule has 1 aromatic heterocycles. The highest BCUT2D eigenvalue weighted by molar-refractivity contribution is 5.98. The molecule has 142 valence electrons. The number of aromatic nitrogens is 1. The first-order valence-electron chi connectivity index (χ1n) is 9.01. The number of rotatable bonds is 4. The zero-order chi connectivity index (χ0) is 20.5. The summed E-state index contributed by atoms with van der Waals surface area (Å²) in [6.07, 6.45) is -1.18. The summed E-state index contributed by atoms with van der Waals surface area (Å²) in [6, 6.07) is 16.9. The summed E-state index contributed by atoms with van der Waals surface area (Å²) in [7, 11) is 0. The number of pyridine rings is 1. The van der Waals surface area contributed by atoms with Gasteiger partial charge in [0.1, 0.15) is 0 Å². The minimum absolute atomic E-state index is 0.505. The van der Waals surface area contributed by atoms with E-state index in [1.165, 1.54) is 0 Å². The van der Waals surface area contributed by atoms with Gasteiger partial charge in [0.15, 0.2) is 6.10 Å². The second-order valence-corrected chi connectivity index (χ2v) is 7.64. The van der Waals surface area contributed by atoms with Crippen molar-refractivity contribution >= 4 is 16.9 Å². The smallest absolute Gasteiger partial charge is 0.337 e. The molecular weight excluding hydrogens is 352 g/mol. The van der Waals surface area contributed by atoms with E-state index < -0.39 is 17.7 Å². The van der Waals surface area contributed by atoms with E-state index in [-0.39, 0.29) is 0 Å². The topological polar surface area (TPSA) is 83.2 Å². The van der Waals surface area contributed by atoms with Gasteiger partial charge in [0.25, 0.3) is 0 Å². The number of aryl methyl sites for hydroxylation is 1. The van der Waals surface area contributed by atoms with Gasteiger partial charge >= 0.3 is 5.97 Å². The predicted octanol–water partition coefficient (Wildman–Crippen LogP) is 5.02. The van der Waals surface area contributed by atoms with Gasteiger partial charge in [-0.05, 0) is 57.0 Å². The first-order valence-corrected chi connectivity index (χ1v) is 9.01. The van der Waals surface area contributed by atoms with Crippen LogP contribution in [0.15, 0.2) is 48.5 Å². The largest absolute Gasteiger partial charge is 0.479 e. The molecule has 0 saturated carbocycles. The maximum atomic E-state index is 12.2. The van der Waals surface area contributed by atoms with Gasteiger partial charge in [-0.2, -0.15) is 5.26 Å². The van der Waals surface area contributed by atoms with Crippen LogP contribution in [0.5, 0.6) is 0 Å². The number of benzene rings is 2. The summed E-state index contributed by atoms with van der Waals surface area (Å²) in [6.45, 7) is 7.26. The summed E-state index contributed by atoms with van der Waals surface area (Å²) in [5, 5.41) is 20.1. The summed E-state index contributed by atoms with van der Waals surface area (Å²) >= 11 is 0. The molecule has 0 saturated heterocycles. The molecule has 1 heterocycles. The standard InChI is InChI=1S/C23H22N2O3/c1-14-19(21(22(26)27)28-23(2,3)4)20(16-9-7-8-15(12-16)13-24)17-10-5-6-11-18(17)25-14/h5-12,21H,1-4H3,(H,26,27). The van der Waals surface area contributed by atoms with Crippen molar-refractivity contribution in [2.75, 3.05) is 0 Å². The molecule has 0 aliphatic rings. The fraction of sp³-hybridized carbons (Fsp3) is 0.261. The third-order valence-corrected chi connectivity index (χ3v) is 4.36. The summed E-state index contributed by atoms with van der Waals surface area (Å²) in [5.41, 5.74) is 3.21. The number of hydrogen-bond acceptors (Lipinski definition) is 4. The van der Waals surface area contributed by atoms with Crippen LogP contribution in [0.3, 0.4) is 0 Å². The molecule has 0 amide bonds. The summed E-state index contributed by atoms with van der Waals surface area (Å²) in [4.78, 5) is 16.8. The monoisotopic (exact) mass is 374 g/mol. The Bertz CT molecular complexity index is 1090. The van der Waals surface area contributed by atoms with Gasteiger partial charge in [-0.25, -0.2) is 4.79 Å². The maximum absolute atomic E-state index is 12.2. The van der Waals surface area contributed by atoms with Crippen LogP contribution in [0.2, 0.25) is 0 Å².